The van der Waals surface area contributed by atoms with Gasteiger partial charge >= 0.3 is 0 Å². The molecule has 6 nitrogen and oxygen atoms in total. The van der Waals surface area contributed by atoms with Crippen molar-refractivity contribution in [3.05, 3.63) is 89.0 Å². The van der Waals surface area contributed by atoms with E-state index in [1.54, 1.807) is 30.3 Å². The molecule has 1 heterocycles. The van der Waals surface area contributed by atoms with Crippen LogP contribution in [-0.4, -0.2) is 27.0 Å². The fourth-order valence-corrected chi connectivity index (χ4v) is 5.82. The predicted octanol–water partition coefficient (Wildman–Crippen LogP) is 5.69. The van der Waals surface area contributed by atoms with Gasteiger partial charge < -0.3 is 10.1 Å². The lowest BCUT2D eigenvalue weighted by Crippen LogP contribution is -2.51. The summed E-state index contributed by atoms with van der Waals surface area (Å²) in [7, 11) is -3.94. The third-order valence-corrected chi connectivity index (χ3v) is 8.64. The van der Waals surface area contributed by atoms with Crippen molar-refractivity contribution in [2.45, 2.75) is 70.4 Å². The Labute approximate surface area is 220 Å². The number of benzene rings is 3. The Bertz CT molecular complexity index is 1370. The second-order valence-corrected chi connectivity index (χ2v) is 12.6. The minimum Gasteiger partial charge on any atom is -0.476 e. The number of carbonyl (C=O) groups excluding carboxylic acids is 1. The van der Waals surface area contributed by atoms with E-state index in [0.717, 1.165) is 23.1 Å². The first kappa shape index (κ1) is 26.7. The minimum atomic E-state index is -3.94. The third kappa shape index (κ3) is 5.67. The second kappa shape index (κ2) is 10.2. The van der Waals surface area contributed by atoms with Crippen LogP contribution in [0.1, 0.15) is 62.9 Å². The summed E-state index contributed by atoms with van der Waals surface area (Å²) in [6, 6.07) is 20.1. The van der Waals surface area contributed by atoms with Gasteiger partial charge in [0.2, 0.25) is 0 Å². The van der Waals surface area contributed by atoms with Crippen LogP contribution in [0.5, 0.6) is 5.75 Å². The summed E-state index contributed by atoms with van der Waals surface area (Å²) in [6.07, 6.45) is -0.0518. The SMILES string of the molecule is CCc1ccc([C@H](C)NC(=O)[C@H]2CN(S(=O)(=O)c3ccc(C)cc3)c3cc(C(C)(C)C)ccc3O2)cc1. The van der Waals surface area contributed by atoms with E-state index in [9.17, 15) is 13.2 Å². The fraction of sp³-hybridized carbons (Fsp3) is 0.367. The Hall–Kier alpha value is -3.32. The van der Waals surface area contributed by atoms with Gasteiger partial charge in [-0.2, -0.15) is 0 Å². The summed E-state index contributed by atoms with van der Waals surface area (Å²) in [6.45, 7) is 12.0. The van der Waals surface area contributed by atoms with Gasteiger partial charge in [0.15, 0.2) is 6.10 Å². The summed E-state index contributed by atoms with van der Waals surface area (Å²) >= 11 is 0. The number of sulfonamides is 1. The standard InChI is InChI=1S/C30H36N2O4S/c1-7-22-10-12-23(13-11-22)21(3)31-29(33)28-19-32(37(34,35)25-15-8-20(2)9-16-25)26-18-24(30(4,5)6)14-17-27(26)36-28/h8-18,21,28H,7,19H2,1-6H3,(H,31,33)/t21-,28+/m0/s1. The zero-order valence-electron chi connectivity index (χ0n) is 22.4. The number of hydrogen-bond donors (Lipinski definition) is 1. The molecule has 0 spiro atoms. The van der Waals surface area contributed by atoms with E-state index in [2.05, 4.69) is 33.0 Å². The number of fused-ring (bicyclic) bond motifs is 1. The number of amides is 1. The zero-order valence-corrected chi connectivity index (χ0v) is 23.2. The molecule has 0 aromatic heterocycles. The minimum absolute atomic E-state index is 0.121. The summed E-state index contributed by atoms with van der Waals surface area (Å²) in [5.41, 5.74) is 4.40. The first-order valence-electron chi connectivity index (χ1n) is 12.7. The topological polar surface area (TPSA) is 75.7 Å². The summed E-state index contributed by atoms with van der Waals surface area (Å²) < 4.78 is 35.1. The van der Waals surface area contributed by atoms with Crippen LogP contribution in [0.2, 0.25) is 0 Å². The first-order chi connectivity index (χ1) is 17.4. The molecule has 0 bridgehead atoms. The smallest absolute Gasteiger partial charge is 0.264 e. The largest absolute Gasteiger partial charge is 0.476 e. The predicted molar refractivity (Wildman–Crippen MR) is 148 cm³/mol. The average Bonchev–Trinajstić information content (AvgIpc) is 2.87. The summed E-state index contributed by atoms with van der Waals surface area (Å²) in [5.74, 6) is 0.0109. The van der Waals surface area contributed by atoms with Crippen molar-refractivity contribution in [2.24, 2.45) is 0 Å². The number of rotatable bonds is 6. The van der Waals surface area contributed by atoms with Crippen LogP contribution in [0.3, 0.4) is 0 Å². The van der Waals surface area contributed by atoms with E-state index in [-0.39, 0.29) is 28.8 Å². The van der Waals surface area contributed by atoms with Gasteiger partial charge in [-0.05, 0) is 66.6 Å². The van der Waals surface area contributed by atoms with Gasteiger partial charge in [0.1, 0.15) is 5.75 Å². The summed E-state index contributed by atoms with van der Waals surface area (Å²) in [5, 5.41) is 3.00. The maximum Gasteiger partial charge on any atom is 0.264 e. The van der Waals surface area contributed by atoms with Crippen LogP contribution in [-0.2, 0) is 26.7 Å². The Morgan fingerprint density at radius 1 is 1.05 bits per heavy atom. The first-order valence-corrected chi connectivity index (χ1v) is 14.1. The van der Waals surface area contributed by atoms with Gasteiger partial charge in [-0.3, -0.25) is 9.10 Å². The molecule has 0 aliphatic carbocycles. The number of nitrogens with zero attached hydrogens (tertiary/aromatic N) is 1. The van der Waals surface area contributed by atoms with Crippen molar-refractivity contribution in [1.82, 2.24) is 5.32 Å². The number of aryl methyl sites for hydroxylation is 2. The molecule has 196 valence electrons. The van der Waals surface area contributed by atoms with Crippen molar-refractivity contribution in [1.29, 1.82) is 0 Å². The lowest BCUT2D eigenvalue weighted by atomic mass is 9.86. The molecule has 0 fully saturated rings. The van der Waals surface area contributed by atoms with Crippen LogP contribution in [0.25, 0.3) is 0 Å². The van der Waals surface area contributed by atoms with Crippen LogP contribution in [0.15, 0.2) is 71.6 Å². The van der Waals surface area contributed by atoms with E-state index in [4.69, 9.17) is 4.74 Å². The van der Waals surface area contributed by atoms with E-state index >= 15 is 0 Å². The molecule has 3 aromatic carbocycles. The quantitative estimate of drug-likeness (QED) is 0.453. The van der Waals surface area contributed by atoms with Crippen molar-refractivity contribution in [3.63, 3.8) is 0 Å². The van der Waals surface area contributed by atoms with E-state index in [1.807, 2.05) is 50.2 Å². The van der Waals surface area contributed by atoms with Crippen molar-refractivity contribution in [3.8, 4) is 5.75 Å². The molecule has 4 rings (SSSR count). The fourth-order valence-electron chi connectivity index (χ4n) is 4.35. The summed E-state index contributed by atoms with van der Waals surface area (Å²) in [4.78, 5) is 13.5. The Morgan fingerprint density at radius 3 is 2.30 bits per heavy atom. The number of anilines is 1. The van der Waals surface area contributed by atoms with Gasteiger partial charge in [-0.25, -0.2) is 8.42 Å². The van der Waals surface area contributed by atoms with E-state index < -0.39 is 16.1 Å². The Balaban J connectivity index is 1.67. The number of hydrogen-bond acceptors (Lipinski definition) is 4. The molecule has 1 amide bonds. The molecule has 7 heteroatoms. The van der Waals surface area contributed by atoms with Crippen LogP contribution < -0.4 is 14.4 Å². The highest BCUT2D eigenvalue weighted by Gasteiger charge is 2.38. The molecule has 0 radical (unpaired) electrons. The maximum atomic E-state index is 13.8. The van der Waals surface area contributed by atoms with Gasteiger partial charge in [0, 0.05) is 0 Å². The molecule has 3 aromatic rings. The van der Waals surface area contributed by atoms with Gasteiger partial charge in [0.05, 0.1) is 23.2 Å². The van der Waals surface area contributed by atoms with Gasteiger partial charge in [0.25, 0.3) is 15.9 Å². The van der Waals surface area contributed by atoms with Crippen LogP contribution >= 0.6 is 0 Å². The van der Waals surface area contributed by atoms with Gasteiger partial charge in [-0.1, -0.05) is 75.7 Å². The van der Waals surface area contributed by atoms with Crippen molar-refractivity contribution >= 4 is 21.6 Å². The molecular formula is C30H36N2O4S. The Morgan fingerprint density at radius 2 is 1.70 bits per heavy atom. The lowest BCUT2D eigenvalue weighted by Gasteiger charge is -2.36. The molecule has 0 saturated carbocycles. The molecular weight excluding hydrogens is 484 g/mol. The highest BCUT2D eigenvalue weighted by atomic mass is 32.2. The molecule has 37 heavy (non-hydrogen) atoms. The molecule has 0 unspecified atom stereocenters. The number of nitrogens with one attached hydrogen (secondary N) is 1. The van der Waals surface area contributed by atoms with Crippen LogP contribution in [0.4, 0.5) is 5.69 Å². The second-order valence-electron chi connectivity index (χ2n) is 10.7. The van der Waals surface area contributed by atoms with Crippen LogP contribution in [0, 0.1) is 6.92 Å². The highest BCUT2D eigenvalue weighted by molar-refractivity contribution is 7.92. The number of ether oxygens (including phenoxy) is 1. The molecule has 2 atom stereocenters. The zero-order chi connectivity index (χ0) is 27.0. The molecule has 1 N–H and O–H groups in total. The maximum absolute atomic E-state index is 13.8. The van der Waals surface area contributed by atoms with Gasteiger partial charge in [-0.15, -0.1) is 0 Å². The average molecular weight is 521 g/mol. The Kier molecular flexibility index (Phi) is 7.38. The van der Waals surface area contributed by atoms with E-state index in [0.29, 0.717) is 11.4 Å². The monoisotopic (exact) mass is 520 g/mol. The van der Waals surface area contributed by atoms with E-state index in [1.165, 1.54) is 9.87 Å². The number of carbonyl (C=O) groups is 1. The molecule has 1 aliphatic heterocycles. The van der Waals surface area contributed by atoms with Crippen molar-refractivity contribution in [2.75, 3.05) is 10.8 Å². The molecule has 0 saturated heterocycles. The third-order valence-electron chi connectivity index (χ3n) is 6.84. The van der Waals surface area contributed by atoms with Crippen molar-refractivity contribution < 1.29 is 17.9 Å². The normalized spacial score (nSPS) is 16.5. The lowest BCUT2D eigenvalue weighted by molar-refractivity contribution is -0.128. The molecule has 1 aliphatic rings. The highest BCUT2D eigenvalue weighted by Crippen LogP contribution is 2.40.